The number of carbonyl (C=O) groups excluding carboxylic acids is 3. The molecule has 0 aliphatic carbocycles. The van der Waals surface area contributed by atoms with Gasteiger partial charge in [-0.15, -0.1) is 11.3 Å². The Hall–Kier alpha value is -1.93. The van der Waals surface area contributed by atoms with Gasteiger partial charge in [-0.2, -0.15) is 0 Å². The molecule has 1 aromatic heterocycles. The Kier molecular flexibility index (Phi) is 7.16. The number of amides is 1. The Labute approximate surface area is 157 Å². The number of esters is 2. The van der Waals surface area contributed by atoms with Gasteiger partial charge in [0.1, 0.15) is 9.88 Å². The molecule has 2 N–H and O–H groups in total. The van der Waals surface area contributed by atoms with Crippen LogP contribution < -0.4 is 10.2 Å². The van der Waals surface area contributed by atoms with E-state index in [2.05, 4.69) is 12.2 Å². The number of piperidine rings is 1. The monoisotopic (exact) mass is 383 g/mol. The van der Waals surface area contributed by atoms with E-state index in [4.69, 9.17) is 9.47 Å². The number of nitrogens with one attached hydrogen (secondary N) is 2. The SMILES string of the molecule is COC(=O)c1sc(NC(=O)CC[NH+]2CCC(C)CC2)c(C(=O)OC)c1C. The zero-order valence-electron chi connectivity index (χ0n) is 15.8. The Morgan fingerprint density at radius 3 is 2.35 bits per heavy atom. The van der Waals surface area contributed by atoms with Crippen molar-refractivity contribution >= 4 is 34.2 Å². The Morgan fingerprint density at radius 2 is 1.77 bits per heavy atom. The van der Waals surface area contributed by atoms with Crippen LogP contribution in [-0.4, -0.2) is 51.7 Å². The van der Waals surface area contributed by atoms with Crippen LogP contribution in [0.4, 0.5) is 5.00 Å². The molecule has 2 heterocycles. The van der Waals surface area contributed by atoms with E-state index in [0.717, 1.165) is 36.9 Å². The average Bonchev–Trinajstić information content (AvgIpc) is 2.96. The molecule has 1 aliphatic rings. The second-order valence-electron chi connectivity index (χ2n) is 6.72. The molecule has 1 saturated heterocycles. The first-order valence-electron chi connectivity index (χ1n) is 8.80. The molecule has 0 radical (unpaired) electrons. The topological polar surface area (TPSA) is 86.1 Å². The van der Waals surface area contributed by atoms with E-state index in [0.29, 0.717) is 21.9 Å². The van der Waals surface area contributed by atoms with Crippen LogP contribution >= 0.6 is 11.3 Å². The van der Waals surface area contributed by atoms with E-state index >= 15 is 0 Å². The fraction of sp³-hybridized carbons (Fsp3) is 0.611. The number of hydrogen-bond donors (Lipinski definition) is 2. The molecular formula is C18H27N2O5S+. The molecule has 1 amide bonds. The van der Waals surface area contributed by atoms with Gasteiger partial charge in [-0.1, -0.05) is 6.92 Å². The van der Waals surface area contributed by atoms with Crippen LogP contribution in [0, 0.1) is 12.8 Å². The van der Waals surface area contributed by atoms with Crippen molar-refractivity contribution in [2.75, 3.05) is 39.2 Å². The Morgan fingerprint density at radius 1 is 1.15 bits per heavy atom. The van der Waals surface area contributed by atoms with E-state index < -0.39 is 11.9 Å². The van der Waals surface area contributed by atoms with E-state index in [1.165, 1.54) is 32.0 Å². The largest absolute Gasteiger partial charge is 0.465 e. The quantitative estimate of drug-likeness (QED) is 0.723. The van der Waals surface area contributed by atoms with Crippen LogP contribution in [0.15, 0.2) is 0 Å². The molecule has 0 saturated carbocycles. The number of quaternary nitrogens is 1. The summed E-state index contributed by atoms with van der Waals surface area (Å²) < 4.78 is 9.53. The summed E-state index contributed by atoms with van der Waals surface area (Å²) >= 11 is 1.04. The maximum atomic E-state index is 12.4. The van der Waals surface area contributed by atoms with Crippen LogP contribution in [0.1, 0.15) is 51.8 Å². The summed E-state index contributed by atoms with van der Waals surface area (Å²) in [7, 11) is 2.55. The summed E-state index contributed by atoms with van der Waals surface area (Å²) in [5, 5.41) is 3.11. The molecule has 0 unspecified atom stereocenters. The van der Waals surface area contributed by atoms with Gasteiger partial charge in [0.05, 0.1) is 45.8 Å². The van der Waals surface area contributed by atoms with Gasteiger partial charge < -0.3 is 19.7 Å². The third-order valence-corrected chi connectivity index (χ3v) is 6.03. The number of hydrogen-bond acceptors (Lipinski definition) is 6. The summed E-state index contributed by atoms with van der Waals surface area (Å²) in [5.74, 6) is -0.523. The predicted molar refractivity (Wildman–Crippen MR) is 98.9 cm³/mol. The second-order valence-corrected chi connectivity index (χ2v) is 7.74. The molecule has 26 heavy (non-hydrogen) atoms. The smallest absolute Gasteiger partial charge is 0.348 e. The zero-order valence-corrected chi connectivity index (χ0v) is 16.6. The molecule has 0 bridgehead atoms. The minimum Gasteiger partial charge on any atom is -0.465 e. The lowest BCUT2D eigenvalue weighted by atomic mass is 9.99. The predicted octanol–water partition coefficient (Wildman–Crippen LogP) is 1.27. The molecule has 8 heteroatoms. The molecule has 1 fully saturated rings. The van der Waals surface area contributed by atoms with Crippen molar-refractivity contribution in [2.24, 2.45) is 5.92 Å². The zero-order chi connectivity index (χ0) is 19.3. The third-order valence-electron chi connectivity index (χ3n) is 4.85. The highest BCUT2D eigenvalue weighted by Gasteiger charge is 2.27. The first-order chi connectivity index (χ1) is 12.4. The third kappa shape index (κ3) is 4.82. The van der Waals surface area contributed by atoms with Crippen molar-refractivity contribution in [1.29, 1.82) is 0 Å². The summed E-state index contributed by atoms with van der Waals surface area (Å²) in [6, 6.07) is 0. The van der Waals surface area contributed by atoms with Gasteiger partial charge in [-0.3, -0.25) is 4.79 Å². The van der Waals surface area contributed by atoms with E-state index in [1.807, 2.05) is 0 Å². The summed E-state index contributed by atoms with van der Waals surface area (Å²) in [6.07, 6.45) is 2.75. The van der Waals surface area contributed by atoms with Crippen LogP contribution in [0.2, 0.25) is 0 Å². The lowest BCUT2D eigenvalue weighted by Crippen LogP contribution is -3.13. The van der Waals surface area contributed by atoms with Crippen LogP contribution in [0.5, 0.6) is 0 Å². The summed E-state index contributed by atoms with van der Waals surface area (Å²) in [5.41, 5.74) is 0.671. The van der Waals surface area contributed by atoms with Gasteiger partial charge in [0.15, 0.2) is 0 Å². The minimum absolute atomic E-state index is 0.168. The van der Waals surface area contributed by atoms with Gasteiger partial charge in [0, 0.05) is 0 Å². The van der Waals surface area contributed by atoms with Gasteiger partial charge in [-0.25, -0.2) is 9.59 Å². The highest BCUT2D eigenvalue weighted by atomic mass is 32.1. The lowest BCUT2D eigenvalue weighted by molar-refractivity contribution is -0.905. The fourth-order valence-electron chi connectivity index (χ4n) is 3.14. The summed E-state index contributed by atoms with van der Waals surface area (Å²) in [4.78, 5) is 38.0. The molecule has 1 aliphatic heterocycles. The van der Waals surface area contributed by atoms with Gasteiger partial charge in [0.25, 0.3) is 0 Å². The van der Waals surface area contributed by atoms with Crippen LogP contribution in [-0.2, 0) is 14.3 Å². The van der Waals surface area contributed by atoms with E-state index in [-0.39, 0.29) is 11.5 Å². The number of rotatable bonds is 6. The minimum atomic E-state index is -0.583. The fourth-order valence-corrected chi connectivity index (χ4v) is 4.27. The number of carbonyl (C=O) groups is 3. The van der Waals surface area contributed by atoms with Crippen molar-refractivity contribution in [1.82, 2.24) is 0 Å². The number of thiophene rings is 1. The highest BCUT2D eigenvalue weighted by Crippen LogP contribution is 2.34. The Bertz CT molecular complexity index is 677. The molecule has 2 rings (SSSR count). The highest BCUT2D eigenvalue weighted by molar-refractivity contribution is 7.18. The summed E-state index contributed by atoms with van der Waals surface area (Å²) in [6.45, 7) is 6.85. The number of anilines is 1. The number of ether oxygens (including phenoxy) is 2. The van der Waals surface area contributed by atoms with Crippen LogP contribution in [0.3, 0.4) is 0 Å². The molecule has 0 aromatic carbocycles. The van der Waals surface area contributed by atoms with Crippen molar-refractivity contribution < 1.29 is 28.8 Å². The Balaban J connectivity index is 2.06. The van der Waals surface area contributed by atoms with Gasteiger partial charge in [0.2, 0.25) is 5.91 Å². The van der Waals surface area contributed by atoms with Gasteiger partial charge >= 0.3 is 11.9 Å². The van der Waals surface area contributed by atoms with Crippen molar-refractivity contribution in [2.45, 2.75) is 33.1 Å². The van der Waals surface area contributed by atoms with Gasteiger partial charge in [-0.05, 0) is 31.2 Å². The average molecular weight is 383 g/mol. The molecular weight excluding hydrogens is 356 g/mol. The van der Waals surface area contributed by atoms with E-state index in [9.17, 15) is 14.4 Å². The second kappa shape index (κ2) is 9.14. The standard InChI is InChI=1S/C18H26N2O5S/c1-11-5-8-20(9-6-11)10-7-13(21)19-16-14(17(22)24-3)12(2)15(26-16)18(23)25-4/h11H,5-10H2,1-4H3,(H,19,21)/p+1. The first kappa shape index (κ1) is 20.4. The van der Waals surface area contributed by atoms with Crippen molar-refractivity contribution in [3.8, 4) is 0 Å². The lowest BCUT2D eigenvalue weighted by Gasteiger charge is -2.27. The normalized spacial score (nSPS) is 19.7. The molecule has 144 valence electrons. The van der Waals surface area contributed by atoms with E-state index in [1.54, 1.807) is 6.92 Å². The maximum absolute atomic E-state index is 12.4. The van der Waals surface area contributed by atoms with Crippen molar-refractivity contribution in [3.05, 3.63) is 16.0 Å². The maximum Gasteiger partial charge on any atom is 0.348 e. The molecule has 0 spiro atoms. The number of likely N-dealkylation sites (tertiary alicyclic amines) is 1. The molecule has 0 atom stereocenters. The van der Waals surface area contributed by atoms with Crippen molar-refractivity contribution in [3.63, 3.8) is 0 Å². The number of methoxy groups -OCH3 is 2. The first-order valence-corrected chi connectivity index (χ1v) is 9.62. The van der Waals surface area contributed by atoms with Crippen LogP contribution in [0.25, 0.3) is 0 Å². The molecule has 7 nitrogen and oxygen atoms in total. The molecule has 1 aromatic rings.